The third kappa shape index (κ3) is 2.86. The predicted molar refractivity (Wildman–Crippen MR) is 92.6 cm³/mol. The van der Waals surface area contributed by atoms with Crippen molar-refractivity contribution >= 4 is 17.3 Å². The van der Waals surface area contributed by atoms with Crippen molar-refractivity contribution in [3.63, 3.8) is 0 Å². The van der Waals surface area contributed by atoms with Crippen LogP contribution in [0, 0.1) is 5.92 Å². The SMILES string of the molecule is CCC1Nc2cc3c(cc2N(CCC(C)C)C1=O)CCCC3. The second kappa shape index (κ2) is 6.31. The standard InChI is InChI=1S/C19H28N2O/c1-4-16-19(22)21(10-9-13(2)3)18-12-15-8-6-5-7-14(15)11-17(18)20-16/h11-13,16,20H,4-10H2,1-3H3. The third-order valence-electron chi connectivity index (χ3n) is 4.98. The quantitative estimate of drug-likeness (QED) is 0.906. The molecule has 1 unspecified atom stereocenters. The van der Waals surface area contributed by atoms with Gasteiger partial charge in [-0.05, 0) is 67.7 Å². The van der Waals surface area contributed by atoms with E-state index in [1.807, 2.05) is 4.90 Å². The van der Waals surface area contributed by atoms with E-state index in [2.05, 4.69) is 38.2 Å². The molecule has 2 aliphatic rings. The number of amides is 1. The Morgan fingerprint density at radius 3 is 2.55 bits per heavy atom. The third-order valence-corrected chi connectivity index (χ3v) is 4.98. The van der Waals surface area contributed by atoms with Crippen LogP contribution in [0.2, 0.25) is 0 Å². The van der Waals surface area contributed by atoms with Crippen molar-refractivity contribution in [3.8, 4) is 0 Å². The van der Waals surface area contributed by atoms with Crippen molar-refractivity contribution in [3.05, 3.63) is 23.3 Å². The summed E-state index contributed by atoms with van der Waals surface area (Å²) in [5.41, 5.74) is 5.20. The van der Waals surface area contributed by atoms with E-state index in [4.69, 9.17) is 0 Å². The molecule has 1 amide bonds. The first-order valence-corrected chi connectivity index (χ1v) is 8.84. The van der Waals surface area contributed by atoms with Crippen molar-refractivity contribution in [1.29, 1.82) is 0 Å². The predicted octanol–water partition coefficient (Wildman–Crippen LogP) is 4.15. The van der Waals surface area contributed by atoms with Crippen molar-refractivity contribution in [2.24, 2.45) is 5.92 Å². The molecule has 0 bridgehead atoms. The number of anilines is 2. The Morgan fingerprint density at radius 2 is 1.91 bits per heavy atom. The van der Waals surface area contributed by atoms with Crippen LogP contribution in [0.1, 0.15) is 57.6 Å². The molecule has 3 nitrogen and oxygen atoms in total. The maximum absolute atomic E-state index is 12.8. The summed E-state index contributed by atoms with van der Waals surface area (Å²) in [6.07, 6.45) is 6.80. The molecule has 0 aromatic heterocycles. The average Bonchev–Trinajstić information content (AvgIpc) is 2.51. The van der Waals surface area contributed by atoms with Gasteiger partial charge in [-0.25, -0.2) is 0 Å². The van der Waals surface area contributed by atoms with Gasteiger partial charge < -0.3 is 10.2 Å². The maximum Gasteiger partial charge on any atom is 0.249 e. The second-order valence-electron chi connectivity index (χ2n) is 7.12. The molecule has 1 aliphatic heterocycles. The molecule has 1 aliphatic carbocycles. The van der Waals surface area contributed by atoms with Crippen LogP contribution in [-0.2, 0) is 17.6 Å². The summed E-state index contributed by atoms with van der Waals surface area (Å²) >= 11 is 0. The molecule has 0 fully saturated rings. The first-order valence-electron chi connectivity index (χ1n) is 8.84. The summed E-state index contributed by atoms with van der Waals surface area (Å²) in [6.45, 7) is 7.36. The van der Waals surface area contributed by atoms with Gasteiger partial charge in [0.25, 0.3) is 0 Å². The lowest BCUT2D eigenvalue weighted by Gasteiger charge is -2.36. The number of hydrogen-bond acceptors (Lipinski definition) is 2. The van der Waals surface area contributed by atoms with Crippen LogP contribution >= 0.6 is 0 Å². The molecular formula is C19H28N2O. The molecule has 1 N–H and O–H groups in total. The lowest BCUT2D eigenvalue weighted by molar-refractivity contribution is -0.119. The van der Waals surface area contributed by atoms with Crippen molar-refractivity contribution in [2.45, 2.75) is 65.3 Å². The molecule has 0 saturated carbocycles. The van der Waals surface area contributed by atoms with Crippen LogP contribution in [0.3, 0.4) is 0 Å². The van der Waals surface area contributed by atoms with Crippen molar-refractivity contribution in [2.75, 3.05) is 16.8 Å². The topological polar surface area (TPSA) is 32.3 Å². The van der Waals surface area contributed by atoms with E-state index in [9.17, 15) is 4.79 Å². The number of carbonyl (C=O) groups excluding carboxylic acids is 1. The Labute approximate surface area is 134 Å². The van der Waals surface area contributed by atoms with Gasteiger partial charge >= 0.3 is 0 Å². The van der Waals surface area contributed by atoms with Gasteiger partial charge in [0.2, 0.25) is 5.91 Å². The summed E-state index contributed by atoms with van der Waals surface area (Å²) in [5.74, 6) is 0.857. The number of hydrogen-bond donors (Lipinski definition) is 1. The minimum Gasteiger partial charge on any atom is -0.372 e. The van der Waals surface area contributed by atoms with Gasteiger partial charge in [0, 0.05) is 6.54 Å². The number of nitrogens with one attached hydrogen (secondary N) is 1. The van der Waals surface area contributed by atoms with Gasteiger partial charge in [0.05, 0.1) is 11.4 Å². The number of rotatable bonds is 4. The number of fused-ring (bicyclic) bond motifs is 2. The Morgan fingerprint density at radius 1 is 1.23 bits per heavy atom. The van der Waals surface area contributed by atoms with E-state index in [0.29, 0.717) is 5.92 Å². The molecule has 3 rings (SSSR count). The normalized spacial score (nSPS) is 20.6. The minimum absolute atomic E-state index is 0.0682. The molecule has 22 heavy (non-hydrogen) atoms. The highest BCUT2D eigenvalue weighted by molar-refractivity contribution is 6.05. The molecule has 0 spiro atoms. The highest BCUT2D eigenvalue weighted by Crippen LogP contribution is 2.37. The lowest BCUT2D eigenvalue weighted by atomic mass is 9.89. The number of benzene rings is 1. The van der Waals surface area contributed by atoms with E-state index in [-0.39, 0.29) is 11.9 Å². The van der Waals surface area contributed by atoms with E-state index in [1.54, 1.807) is 0 Å². The fourth-order valence-electron chi connectivity index (χ4n) is 3.56. The fraction of sp³-hybridized carbons (Fsp3) is 0.632. The molecule has 0 saturated heterocycles. The van der Waals surface area contributed by atoms with E-state index >= 15 is 0 Å². The van der Waals surface area contributed by atoms with Gasteiger partial charge in [0.15, 0.2) is 0 Å². The number of aryl methyl sites for hydroxylation is 2. The monoisotopic (exact) mass is 300 g/mol. The van der Waals surface area contributed by atoms with E-state index in [0.717, 1.165) is 37.2 Å². The van der Waals surface area contributed by atoms with Crippen LogP contribution in [0.4, 0.5) is 11.4 Å². The van der Waals surface area contributed by atoms with Crippen molar-refractivity contribution < 1.29 is 4.79 Å². The second-order valence-corrected chi connectivity index (χ2v) is 7.12. The van der Waals surface area contributed by atoms with Crippen LogP contribution in [0.25, 0.3) is 0 Å². The van der Waals surface area contributed by atoms with Gasteiger partial charge in [-0.2, -0.15) is 0 Å². The zero-order valence-corrected chi connectivity index (χ0v) is 14.1. The van der Waals surface area contributed by atoms with Gasteiger partial charge in [-0.3, -0.25) is 4.79 Å². The average molecular weight is 300 g/mol. The molecule has 0 radical (unpaired) electrons. The Kier molecular flexibility index (Phi) is 4.42. The zero-order chi connectivity index (χ0) is 15.7. The molecule has 1 atom stereocenters. The maximum atomic E-state index is 12.8. The molecule has 1 heterocycles. The summed E-state index contributed by atoms with van der Waals surface area (Å²) < 4.78 is 0. The van der Waals surface area contributed by atoms with E-state index < -0.39 is 0 Å². The van der Waals surface area contributed by atoms with Crippen molar-refractivity contribution in [1.82, 2.24) is 0 Å². The lowest BCUT2D eigenvalue weighted by Crippen LogP contribution is -2.47. The number of nitrogens with zero attached hydrogens (tertiary/aromatic N) is 1. The zero-order valence-electron chi connectivity index (χ0n) is 14.1. The highest BCUT2D eigenvalue weighted by Gasteiger charge is 2.32. The number of carbonyl (C=O) groups is 1. The van der Waals surface area contributed by atoms with Gasteiger partial charge in [-0.1, -0.05) is 20.8 Å². The smallest absolute Gasteiger partial charge is 0.249 e. The van der Waals surface area contributed by atoms with Gasteiger partial charge in [0.1, 0.15) is 6.04 Å². The first-order chi connectivity index (χ1) is 10.6. The Bertz CT molecular complexity index is 565. The highest BCUT2D eigenvalue weighted by atomic mass is 16.2. The van der Waals surface area contributed by atoms with Crippen LogP contribution in [0.5, 0.6) is 0 Å². The molecule has 1 aromatic carbocycles. The van der Waals surface area contributed by atoms with Crippen LogP contribution in [0.15, 0.2) is 12.1 Å². The Hall–Kier alpha value is -1.51. The summed E-state index contributed by atoms with van der Waals surface area (Å²) in [6, 6.07) is 4.52. The first kappa shape index (κ1) is 15.4. The summed E-state index contributed by atoms with van der Waals surface area (Å²) in [5, 5.41) is 3.47. The van der Waals surface area contributed by atoms with E-state index in [1.165, 1.54) is 30.4 Å². The van der Waals surface area contributed by atoms with Crippen LogP contribution in [-0.4, -0.2) is 18.5 Å². The minimum atomic E-state index is -0.0682. The molecule has 120 valence electrons. The van der Waals surface area contributed by atoms with Gasteiger partial charge in [-0.15, -0.1) is 0 Å². The Balaban J connectivity index is 1.97. The largest absolute Gasteiger partial charge is 0.372 e. The molecule has 3 heteroatoms. The van der Waals surface area contributed by atoms with Crippen LogP contribution < -0.4 is 10.2 Å². The molecule has 1 aromatic rings. The summed E-state index contributed by atoms with van der Waals surface area (Å²) in [7, 11) is 0. The fourth-order valence-corrected chi connectivity index (χ4v) is 3.56. The molecular weight excluding hydrogens is 272 g/mol. The summed E-state index contributed by atoms with van der Waals surface area (Å²) in [4.78, 5) is 14.8.